The predicted octanol–water partition coefficient (Wildman–Crippen LogP) is -13.3. The van der Waals surface area contributed by atoms with Crippen molar-refractivity contribution in [2.45, 2.75) is 98.8 Å². The molecule has 0 aliphatic heterocycles. The minimum absolute atomic E-state index is 0. The van der Waals surface area contributed by atoms with Gasteiger partial charge < -0.3 is 22.8 Å². The van der Waals surface area contributed by atoms with Crippen molar-refractivity contribution >= 4 is 50.6 Å². The van der Waals surface area contributed by atoms with Crippen LogP contribution in [0.5, 0.6) is 0 Å². The second-order valence-corrected chi connectivity index (χ2v) is 15.7. The summed E-state index contributed by atoms with van der Waals surface area (Å²) in [7, 11) is -19.7. The van der Waals surface area contributed by atoms with Crippen LogP contribution in [0.4, 0.5) is 0 Å². The van der Waals surface area contributed by atoms with Gasteiger partial charge >= 0.3 is 257 Å². The Balaban J connectivity index is -0.0000000414. The van der Waals surface area contributed by atoms with E-state index in [2.05, 4.69) is 0 Å². The summed E-state index contributed by atoms with van der Waals surface area (Å²) >= 11 is 0. The van der Waals surface area contributed by atoms with Gasteiger partial charge in [0.1, 0.15) is 0 Å². The number of hydrogen-bond donors (Lipinski definition) is 0. The Bertz CT molecular complexity index is 908. The van der Waals surface area contributed by atoms with Gasteiger partial charge in [-0.1, -0.05) is 66.7 Å². The van der Waals surface area contributed by atoms with Gasteiger partial charge in [0, 0.05) is 28.8 Å². The monoisotopic (exact) mass is 880 g/mol. The molecule has 0 N–H and O–H groups in total. The zero-order chi connectivity index (χ0) is 33.1. The Labute approximate surface area is 486 Å². The maximum atomic E-state index is 9.83. The zero-order valence-electron chi connectivity index (χ0n) is 28.8. The third-order valence-electron chi connectivity index (χ3n) is 3.74. The second-order valence-electron chi connectivity index (χ2n) is 8.08. The summed E-state index contributed by atoms with van der Waals surface area (Å²) in [5.74, 6) is -1.09. The Morgan fingerprint density at radius 3 is 0.400 bits per heavy atom. The molecule has 0 amide bonds. The van der Waals surface area contributed by atoms with Gasteiger partial charge in [0.2, 0.25) is 0 Å². The van der Waals surface area contributed by atoms with Gasteiger partial charge in [0.25, 0.3) is 0 Å². The fourth-order valence-corrected chi connectivity index (χ4v) is 4.82. The first-order chi connectivity index (χ1) is 17.8. The van der Waals surface area contributed by atoms with E-state index in [1.807, 2.05) is 34.6 Å². The number of hydrogen-bond acceptors (Lipinski definition) is 15. The molecule has 0 aliphatic rings. The first-order valence-corrected chi connectivity index (χ1v) is 20.4. The fraction of sp³-hybridized carbons (Fsp3) is 1.00. The SMILES string of the molecule is CCCCS(=O)(=O)[O-].CCCCS(=O)(=O)[O-].CCCCS(=O)(=O)[O-].CCCCS(=O)(=O)[O-].CCCCS(=O)(=O)[O-].[K+].[K+].[K+].[K+].[K+]. The molecule has 0 aromatic carbocycles. The minimum Gasteiger partial charge on any atom is -0.748 e. The summed E-state index contributed by atoms with van der Waals surface area (Å²) in [6, 6.07) is 0. The standard InChI is InChI=1S/5C4H10O3S.5K/c5*1-2-3-4-8(5,6)7;;;;;/h5*2-4H2,1H3,(H,5,6,7);;;;;/q;;;;;5*+1/p-5. The third-order valence-corrected chi connectivity index (χ3v) is 7.68. The van der Waals surface area contributed by atoms with E-state index >= 15 is 0 Å². The van der Waals surface area contributed by atoms with E-state index in [0.29, 0.717) is 32.1 Å². The van der Waals surface area contributed by atoms with Crippen molar-refractivity contribution in [2.24, 2.45) is 0 Å². The maximum Gasteiger partial charge on any atom is 1.00 e. The molecule has 0 spiro atoms. The topological polar surface area (TPSA) is 286 Å². The molecular formula is C20H45K5O15S5. The maximum absolute atomic E-state index is 9.83. The summed E-state index contributed by atoms with van der Waals surface area (Å²) < 4.78 is 148. The van der Waals surface area contributed by atoms with E-state index < -0.39 is 50.6 Å². The third kappa shape index (κ3) is 119. The number of unbranched alkanes of at least 4 members (excludes halogenated alkanes) is 5. The van der Waals surface area contributed by atoms with E-state index in [1.165, 1.54) is 0 Å². The van der Waals surface area contributed by atoms with E-state index in [1.54, 1.807) is 0 Å². The summed E-state index contributed by atoms with van der Waals surface area (Å²) in [6.07, 6.45) is 6.15. The fourth-order valence-electron chi connectivity index (χ4n) is 1.61. The predicted molar refractivity (Wildman–Crippen MR) is 147 cm³/mol. The summed E-state index contributed by atoms with van der Waals surface area (Å²) in [5.41, 5.74) is 0. The van der Waals surface area contributed by atoms with Crippen LogP contribution in [0.25, 0.3) is 0 Å². The van der Waals surface area contributed by atoms with Crippen LogP contribution >= 0.6 is 0 Å². The van der Waals surface area contributed by atoms with Crippen molar-refractivity contribution in [3.8, 4) is 0 Å². The van der Waals surface area contributed by atoms with Crippen LogP contribution in [0.3, 0.4) is 0 Å². The van der Waals surface area contributed by atoms with E-state index in [0.717, 1.165) is 32.1 Å². The average Bonchev–Trinajstić information content (AvgIpc) is 2.76. The van der Waals surface area contributed by atoms with Crippen molar-refractivity contribution in [1.29, 1.82) is 0 Å². The molecule has 0 radical (unpaired) electrons. The first kappa shape index (κ1) is 77.3. The average molecular weight is 881 g/mol. The summed E-state index contributed by atoms with van der Waals surface area (Å²) in [4.78, 5) is 0. The number of rotatable bonds is 15. The van der Waals surface area contributed by atoms with Crippen molar-refractivity contribution in [3.63, 3.8) is 0 Å². The van der Waals surface area contributed by atoms with Gasteiger partial charge in [-0.3, -0.25) is 0 Å². The molecule has 25 heteroatoms. The largest absolute Gasteiger partial charge is 1.00 e. The Morgan fingerprint density at radius 2 is 0.378 bits per heavy atom. The van der Waals surface area contributed by atoms with Gasteiger partial charge in [-0.25, -0.2) is 42.1 Å². The van der Waals surface area contributed by atoms with Crippen molar-refractivity contribution in [3.05, 3.63) is 0 Å². The Kier molecular flexibility index (Phi) is 82.2. The van der Waals surface area contributed by atoms with Crippen molar-refractivity contribution < 1.29 is 322 Å². The molecule has 45 heavy (non-hydrogen) atoms. The summed E-state index contributed by atoms with van der Waals surface area (Å²) in [5, 5.41) is 0. The van der Waals surface area contributed by atoms with Crippen LogP contribution in [0.2, 0.25) is 0 Å². The van der Waals surface area contributed by atoms with Gasteiger partial charge in [0.15, 0.2) is 0 Å². The minimum atomic E-state index is -3.94. The molecule has 0 aliphatic carbocycles. The van der Waals surface area contributed by atoms with Crippen LogP contribution in [0, 0.1) is 0 Å². The van der Waals surface area contributed by atoms with Crippen LogP contribution in [0.1, 0.15) is 98.8 Å². The van der Waals surface area contributed by atoms with Crippen LogP contribution in [0.15, 0.2) is 0 Å². The zero-order valence-corrected chi connectivity index (χ0v) is 48.5. The first-order valence-electron chi connectivity index (χ1n) is 12.5. The molecule has 0 rings (SSSR count). The molecular weight excluding hydrogens is 836 g/mol. The molecule has 0 saturated carbocycles. The quantitative estimate of drug-likeness (QED) is 0.109. The molecule has 250 valence electrons. The molecule has 0 saturated heterocycles. The molecule has 0 atom stereocenters. The van der Waals surface area contributed by atoms with Gasteiger partial charge in [0.05, 0.1) is 50.6 Å². The van der Waals surface area contributed by atoms with E-state index in [9.17, 15) is 64.9 Å². The van der Waals surface area contributed by atoms with Crippen molar-refractivity contribution in [1.82, 2.24) is 0 Å². The van der Waals surface area contributed by atoms with Crippen LogP contribution in [-0.4, -0.2) is 93.6 Å². The Morgan fingerprint density at radius 1 is 0.289 bits per heavy atom. The van der Waals surface area contributed by atoms with Crippen molar-refractivity contribution in [2.75, 3.05) is 28.8 Å². The normalized spacial score (nSPS) is 10.4. The molecule has 0 fully saturated rings. The smallest absolute Gasteiger partial charge is 0.748 e. The summed E-state index contributed by atoms with van der Waals surface area (Å²) in [6.45, 7) is 9.19. The molecule has 0 bridgehead atoms. The molecule has 0 heterocycles. The molecule has 0 aromatic rings. The second kappa shape index (κ2) is 47.9. The Hall–Kier alpha value is 7.73. The van der Waals surface area contributed by atoms with E-state index in [-0.39, 0.29) is 286 Å². The molecule has 15 nitrogen and oxygen atoms in total. The van der Waals surface area contributed by atoms with Crippen LogP contribution in [-0.2, 0) is 50.6 Å². The van der Waals surface area contributed by atoms with Gasteiger partial charge in [-0.05, 0) is 32.1 Å². The van der Waals surface area contributed by atoms with Crippen LogP contribution < -0.4 is 257 Å². The van der Waals surface area contributed by atoms with Gasteiger partial charge in [-0.15, -0.1) is 0 Å². The van der Waals surface area contributed by atoms with E-state index in [4.69, 9.17) is 0 Å². The molecule has 0 aromatic heterocycles. The molecule has 0 unspecified atom stereocenters. The van der Waals surface area contributed by atoms with Gasteiger partial charge in [-0.2, -0.15) is 0 Å².